The number of pyridine rings is 1. The summed E-state index contributed by atoms with van der Waals surface area (Å²) in [6, 6.07) is 4.58. The van der Waals surface area contributed by atoms with Crippen LogP contribution in [0.1, 0.15) is 30.9 Å². The molecule has 1 saturated heterocycles. The number of hydrogen-bond acceptors (Lipinski definition) is 3. The summed E-state index contributed by atoms with van der Waals surface area (Å²) in [5, 5.41) is 9.03. The van der Waals surface area contributed by atoms with Crippen LogP contribution in [0, 0.1) is 0 Å². The van der Waals surface area contributed by atoms with Crippen molar-refractivity contribution in [2.24, 2.45) is 0 Å². The van der Waals surface area contributed by atoms with E-state index in [9.17, 15) is 0 Å². The summed E-state index contributed by atoms with van der Waals surface area (Å²) in [7, 11) is 9.34. The van der Waals surface area contributed by atoms with E-state index in [0.29, 0.717) is 6.04 Å². The van der Waals surface area contributed by atoms with Crippen LogP contribution in [0.5, 0.6) is 0 Å². The standard InChI is InChI=1S/C12H18N2O.2ClH.Cu.2H2O/c15-9-8-14-7-2-1-5-12(14)11-4-3-6-13-10-11;;;;;/h3-4,6,10,12,15H,1-2,5,7-9H2;2*1H;;2*1H2/q;;;+2;;/p-2. The summed E-state index contributed by atoms with van der Waals surface area (Å²) >= 11 is 0.757. The van der Waals surface area contributed by atoms with Crippen molar-refractivity contribution in [1.29, 1.82) is 0 Å². The number of likely N-dealkylation sites (tertiary alicyclic amines) is 1. The molecule has 1 atom stereocenters. The van der Waals surface area contributed by atoms with Crippen LogP contribution in [0.15, 0.2) is 24.5 Å². The minimum absolute atomic E-state index is 0. The summed E-state index contributed by atoms with van der Waals surface area (Å²) < 4.78 is 0. The molecule has 1 aromatic rings. The van der Waals surface area contributed by atoms with E-state index in [1.54, 1.807) is 0 Å². The Morgan fingerprint density at radius 1 is 1.35 bits per heavy atom. The first-order valence-corrected chi connectivity index (χ1v) is 8.48. The quantitative estimate of drug-likeness (QED) is 0.805. The molecule has 123 valence electrons. The zero-order chi connectivity index (χ0) is 13.2. The van der Waals surface area contributed by atoms with E-state index in [0.717, 1.165) is 26.2 Å². The molecule has 0 bridgehead atoms. The van der Waals surface area contributed by atoms with E-state index in [-0.39, 0.29) is 17.6 Å². The summed E-state index contributed by atoms with van der Waals surface area (Å²) in [6.45, 7) is 2.12. The SMILES string of the molecule is O.O.OCCN1CCCCC1c1cccnc1.[Cl][Cu][Cl]. The molecule has 0 amide bonds. The molecular formula is C12H22Cl2CuN2O3. The normalized spacial score (nSPS) is 18.2. The summed E-state index contributed by atoms with van der Waals surface area (Å²) in [5.41, 5.74) is 1.28. The zero-order valence-electron chi connectivity index (χ0n) is 11.0. The van der Waals surface area contributed by atoms with Gasteiger partial charge in [-0.15, -0.1) is 0 Å². The Bertz CT molecular complexity index is 321. The number of halogens is 2. The van der Waals surface area contributed by atoms with E-state index in [2.05, 4.69) is 36.1 Å². The molecule has 0 aliphatic carbocycles. The molecule has 1 aliphatic heterocycles. The predicted molar refractivity (Wildman–Crippen MR) is 78.4 cm³/mol. The summed E-state index contributed by atoms with van der Waals surface area (Å²) in [5.74, 6) is 0. The van der Waals surface area contributed by atoms with Gasteiger partial charge in [0.25, 0.3) is 0 Å². The van der Waals surface area contributed by atoms with Crippen LogP contribution < -0.4 is 0 Å². The van der Waals surface area contributed by atoms with E-state index in [4.69, 9.17) is 5.11 Å². The molecule has 5 N–H and O–H groups in total. The topological polar surface area (TPSA) is 99.4 Å². The van der Waals surface area contributed by atoms with Crippen LogP contribution in [0.25, 0.3) is 0 Å². The molecule has 1 aromatic heterocycles. The van der Waals surface area contributed by atoms with Crippen LogP contribution in [-0.2, 0) is 13.1 Å². The van der Waals surface area contributed by atoms with Gasteiger partial charge in [0.1, 0.15) is 0 Å². The van der Waals surface area contributed by atoms with Crippen molar-refractivity contribution >= 4 is 20.2 Å². The number of aliphatic hydroxyl groups excluding tert-OH is 1. The van der Waals surface area contributed by atoms with Gasteiger partial charge in [-0.2, -0.15) is 0 Å². The number of aliphatic hydroxyl groups is 1. The number of nitrogens with zero attached hydrogens (tertiary/aromatic N) is 2. The second-order valence-corrected chi connectivity index (χ2v) is 5.66. The first kappa shape index (κ1) is 22.4. The maximum absolute atomic E-state index is 9.03. The predicted octanol–water partition coefficient (Wildman–Crippen LogP) is 1.33. The summed E-state index contributed by atoms with van der Waals surface area (Å²) in [6.07, 6.45) is 7.47. The number of piperidine rings is 1. The van der Waals surface area contributed by atoms with Gasteiger partial charge in [-0.25, -0.2) is 0 Å². The average molecular weight is 377 g/mol. The Morgan fingerprint density at radius 2 is 2.05 bits per heavy atom. The van der Waals surface area contributed by atoms with Gasteiger partial charge in [0.15, 0.2) is 0 Å². The first-order chi connectivity index (χ1) is 8.83. The molecule has 0 aromatic carbocycles. The van der Waals surface area contributed by atoms with E-state index >= 15 is 0 Å². The Labute approximate surface area is 134 Å². The molecule has 1 fully saturated rings. The van der Waals surface area contributed by atoms with Crippen LogP contribution in [-0.4, -0.2) is 45.6 Å². The van der Waals surface area contributed by atoms with E-state index in [1.165, 1.54) is 24.8 Å². The third kappa shape index (κ3) is 7.76. The second-order valence-electron chi connectivity index (χ2n) is 4.10. The van der Waals surface area contributed by atoms with Gasteiger partial charge in [0.05, 0.1) is 6.61 Å². The zero-order valence-corrected chi connectivity index (χ0v) is 13.5. The van der Waals surface area contributed by atoms with Gasteiger partial charge in [0.2, 0.25) is 0 Å². The van der Waals surface area contributed by atoms with Gasteiger partial charge in [-0.05, 0) is 31.0 Å². The van der Waals surface area contributed by atoms with E-state index in [1.807, 2.05) is 18.5 Å². The monoisotopic (exact) mass is 375 g/mol. The van der Waals surface area contributed by atoms with Crippen molar-refractivity contribution < 1.29 is 29.2 Å². The Kier molecular flexibility index (Phi) is 15.7. The van der Waals surface area contributed by atoms with Crippen LogP contribution in [0.3, 0.4) is 0 Å². The van der Waals surface area contributed by atoms with Crippen LogP contribution in [0.4, 0.5) is 0 Å². The van der Waals surface area contributed by atoms with Gasteiger partial charge in [0, 0.05) is 25.0 Å². The fourth-order valence-corrected chi connectivity index (χ4v) is 2.34. The van der Waals surface area contributed by atoms with Crippen molar-refractivity contribution in [3.63, 3.8) is 0 Å². The average Bonchev–Trinajstić information content (AvgIpc) is 2.42. The molecule has 0 saturated carbocycles. The first-order valence-electron chi connectivity index (χ1n) is 5.89. The Hall–Kier alpha value is 0.0895. The van der Waals surface area contributed by atoms with Gasteiger partial charge >= 0.3 is 33.3 Å². The van der Waals surface area contributed by atoms with Gasteiger partial charge < -0.3 is 16.1 Å². The van der Waals surface area contributed by atoms with Gasteiger partial charge in [-0.3, -0.25) is 9.88 Å². The van der Waals surface area contributed by atoms with Crippen LogP contribution in [0.2, 0.25) is 0 Å². The van der Waals surface area contributed by atoms with Crippen molar-refractivity contribution in [2.75, 3.05) is 19.7 Å². The van der Waals surface area contributed by atoms with E-state index < -0.39 is 0 Å². The molecule has 1 aliphatic rings. The van der Waals surface area contributed by atoms with Crippen molar-refractivity contribution in [1.82, 2.24) is 9.88 Å². The van der Waals surface area contributed by atoms with Crippen molar-refractivity contribution in [2.45, 2.75) is 25.3 Å². The molecule has 5 nitrogen and oxygen atoms in total. The molecule has 2 rings (SSSR count). The number of rotatable bonds is 3. The Balaban J connectivity index is 0. The molecule has 20 heavy (non-hydrogen) atoms. The van der Waals surface area contributed by atoms with Crippen molar-refractivity contribution in [3.8, 4) is 0 Å². The molecular weight excluding hydrogens is 355 g/mol. The fourth-order valence-electron chi connectivity index (χ4n) is 2.34. The molecule has 8 heteroatoms. The molecule has 2 heterocycles. The number of aromatic nitrogens is 1. The molecule has 1 unspecified atom stereocenters. The number of β-amino-alcohol motifs (C(OH)–C–C–N with tert-alkyl or cyclic N) is 1. The third-order valence-corrected chi connectivity index (χ3v) is 3.07. The Morgan fingerprint density at radius 3 is 2.60 bits per heavy atom. The van der Waals surface area contributed by atoms with Crippen molar-refractivity contribution in [3.05, 3.63) is 30.1 Å². The maximum atomic E-state index is 9.03. The van der Waals surface area contributed by atoms with Gasteiger partial charge in [-0.1, -0.05) is 12.5 Å². The minimum atomic E-state index is 0. The fraction of sp³-hybridized carbons (Fsp3) is 0.583. The molecule has 0 radical (unpaired) electrons. The van der Waals surface area contributed by atoms with Crippen LogP contribution >= 0.6 is 20.2 Å². The number of hydrogen-bond donors (Lipinski definition) is 1. The molecule has 0 spiro atoms. The summed E-state index contributed by atoms with van der Waals surface area (Å²) in [4.78, 5) is 6.53. The second kappa shape index (κ2) is 14.0. The third-order valence-electron chi connectivity index (χ3n) is 3.07.